The lowest BCUT2D eigenvalue weighted by Crippen LogP contribution is -2.03. The van der Waals surface area contributed by atoms with E-state index in [-0.39, 0.29) is 11.6 Å². The van der Waals surface area contributed by atoms with E-state index in [1.165, 1.54) is 42.5 Å². The highest BCUT2D eigenvalue weighted by atomic mass is 32.1. The number of rotatable bonds is 4. The predicted octanol–water partition coefficient (Wildman–Crippen LogP) is 4.03. The number of azo groups is 1. The molecule has 102 valence electrons. The Labute approximate surface area is 118 Å². The van der Waals surface area contributed by atoms with Gasteiger partial charge in [0, 0.05) is 19.1 Å². The topological polar surface area (TPSA) is 97.0 Å². The molecular weight excluding hydrogens is 280 g/mol. The molecule has 0 atom stereocenters. The van der Waals surface area contributed by atoms with Crippen LogP contribution in [0.15, 0.2) is 46.6 Å². The molecule has 1 aromatic carbocycles. The summed E-state index contributed by atoms with van der Waals surface area (Å²) >= 11 is 1.29. The number of anilines is 1. The van der Waals surface area contributed by atoms with Gasteiger partial charge in [0.05, 0.1) is 15.6 Å². The van der Waals surface area contributed by atoms with E-state index in [1.807, 2.05) is 0 Å². The third kappa shape index (κ3) is 3.69. The van der Waals surface area contributed by atoms with Crippen molar-refractivity contribution in [2.75, 3.05) is 5.32 Å². The van der Waals surface area contributed by atoms with Crippen LogP contribution in [0.2, 0.25) is 0 Å². The van der Waals surface area contributed by atoms with Gasteiger partial charge in [-0.1, -0.05) is 11.3 Å². The fourth-order valence-electron chi connectivity index (χ4n) is 1.37. The van der Waals surface area contributed by atoms with Crippen LogP contribution in [-0.4, -0.2) is 10.8 Å². The molecular formula is C12H10N4O3S. The second-order valence-electron chi connectivity index (χ2n) is 3.79. The lowest BCUT2D eigenvalue weighted by molar-refractivity contribution is -0.384. The Balaban J connectivity index is 2.07. The van der Waals surface area contributed by atoms with E-state index in [0.29, 0.717) is 15.7 Å². The Morgan fingerprint density at radius 2 is 1.90 bits per heavy atom. The Kier molecular flexibility index (Phi) is 4.16. The van der Waals surface area contributed by atoms with Gasteiger partial charge in [-0.2, -0.15) is 0 Å². The molecule has 0 unspecified atom stereocenters. The van der Waals surface area contributed by atoms with Crippen LogP contribution < -0.4 is 5.32 Å². The summed E-state index contributed by atoms with van der Waals surface area (Å²) in [5, 5.41) is 22.4. The van der Waals surface area contributed by atoms with Crippen molar-refractivity contribution in [2.24, 2.45) is 10.2 Å². The highest BCUT2D eigenvalue weighted by molar-refractivity contribution is 7.19. The standard InChI is InChI=1S/C12H10N4O3S/c1-8(17)13-11-6-7-12(20-11)15-14-9-2-4-10(5-3-9)16(18)19/h2-7H,1H3,(H,13,17). The molecule has 0 spiro atoms. The summed E-state index contributed by atoms with van der Waals surface area (Å²) in [6, 6.07) is 9.23. The first kappa shape index (κ1) is 13.8. The van der Waals surface area contributed by atoms with E-state index in [1.54, 1.807) is 12.1 Å². The summed E-state index contributed by atoms with van der Waals surface area (Å²) in [4.78, 5) is 20.9. The van der Waals surface area contributed by atoms with E-state index in [4.69, 9.17) is 0 Å². The number of carbonyl (C=O) groups excluding carboxylic acids is 1. The van der Waals surface area contributed by atoms with Crippen LogP contribution >= 0.6 is 11.3 Å². The molecule has 20 heavy (non-hydrogen) atoms. The third-order valence-electron chi connectivity index (χ3n) is 2.22. The lowest BCUT2D eigenvalue weighted by atomic mass is 10.3. The lowest BCUT2D eigenvalue weighted by Gasteiger charge is -1.93. The van der Waals surface area contributed by atoms with Gasteiger partial charge >= 0.3 is 0 Å². The number of hydrogen-bond acceptors (Lipinski definition) is 6. The van der Waals surface area contributed by atoms with Crippen LogP contribution in [0.4, 0.5) is 21.4 Å². The van der Waals surface area contributed by atoms with Crippen molar-refractivity contribution in [2.45, 2.75) is 6.92 Å². The van der Waals surface area contributed by atoms with Gasteiger partial charge in [-0.25, -0.2) is 0 Å². The van der Waals surface area contributed by atoms with Crippen molar-refractivity contribution < 1.29 is 9.72 Å². The summed E-state index contributed by atoms with van der Waals surface area (Å²) in [5.41, 5.74) is 0.526. The first-order valence-corrected chi connectivity index (χ1v) is 6.40. The van der Waals surface area contributed by atoms with Crippen LogP contribution in [-0.2, 0) is 4.79 Å². The number of nitrogens with one attached hydrogen (secondary N) is 1. The molecule has 1 N–H and O–H groups in total. The van der Waals surface area contributed by atoms with Crippen LogP contribution in [0.5, 0.6) is 0 Å². The zero-order chi connectivity index (χ0) is 14.5. The van der Waals surface area contributed by atoms with Gasteiger partial charge < -0.3 is 5.32 Å². The summed E-state index contributed by atoms with van der Waals surface area (Å²) in [6.07, 6.45) is 0. The summed E-state index contributed by atoms with van der Waals surface area (Å²) in [7, 11) is 0. The normalized spacial score (nSPS) is 10.7. The predicted molar refractivity (Wildman–Crippen MR) is 75.9 cm³/mol. The van der Waals surface area contributed by atoms with Gasteiger partial charge in [0.1, 0.15) is 5.00 Å². The molecule has 0 saturated heterocycles. The average molecular weight is 290 g/mol. The number of hydrogen-bond donors (Lipinski definition) is 1. The maximum absolute atomic E-state index is 10.9. The Bertz CT molecular complexity index is 664. The largest absolute Gasteiger partial charge is 0.318 e. The molecule has 0 radical (unpaired) electrons. The number of nitro groups is 1. The molecule has 1 aromatic heterocycles. The van der Waals surface area contributed by atoms with Crippen molar-refractivity contribution in [1.29, 1.82) is 0 Å². The van der Waals surface area contributed by atoms with Crippen LogP contribution in [0.25, 0.3) is 0 Å². The number of amides is 1. The molecule has 1 heterocycles. The molecule has 8 heteroatoms. The maximum atomic E-state index is 10.9. The van der Waals surface area contributed by atoms with Crippen LogP contribution in [0, 0.1) is 10.1 Å². The van der Waals surface area contributed by atoms with Gasteiger partial charge in [-0.3, -0.25) is 14.9 Å². The van der Waals surface area contributed by atoms with Gasteiger partial charge in [-0.15, -0.1) is 10.2 Å². The number of carbonyl (C=O) groups is 1. The minimum Gasteiger partial charge on any atom is -0.318 e. The molecule has 0 bridgehead atoms. The molecule has 2 rings (SSSR count). The van der Waals surface area contributed by atoms with Crippen molar-refractivity contribution in [3.8, 4) is 0 Å². The number of benzene rings is 1. The van der Waals surface area contributed by atoms with E-state index in [0.717, 1.165) is 0 Å². The average Bonchev–Trinajstić information content (AvgIpc) is 2.83. The van der Waals surface area contributed by atoms with E-state index in [9.17, 15) is 14.9 Å². The zero-order valence-corrected chi connectivity index (χ0v) is 11.3. The highest BCUT2D eigenvalue weighted by Crippen LogP contribution is 2.30. The minimum atomic E-state index is -0.472. The van der Waals surface area contributed by atoms with Crippen molar-refractivity contribution >= 4 is 38.6 Å². The van der Waals surface area contributed by atoms with Crippen LogP contribution in [0.1, 0.15) is 6.92 Å². The maximum Gasteiger partial charge on any atom is 0.269 e. The SMILES string of the molecule is CC(=O)Nc1ccc(N=Nc2ccc([N+](=O)[O-])cc2)s1. The first-order valence-electron chi connectivity index (χ1n) is 5.58. The first-order chi connectivity index (χ1) is 9.54. The molecule has 1 amide bonds. The smallest absolute Gasteiger partial charge is 0.269 e. The Morgan fingerprint density at radius 1 is 1.20 bits per heavy atom. The number of thiophene rings is 1. The molecule has 0 saturated carbocycles. The van der Waals surface area contributed by atoms with Crippen molar-refractivity contribution in [3.05, 3.63) is 46.5 Å². The van der Waals surface area contributed by atoms with Gasteiger partial charge in [-0.05, 0) is 24.3 Å². The van der Waals surface area contributed by atoms with Gasteiger partial charge in [0.15, 0.2) is 0 Å². The molecule has 7 nitrogen and oxygen atoms in total. The van der Waals surface area contributed by atoms with E-state index >= 15 is 0 Å². The van der Waals surface area contributed by atoms with Crippen LogP contribution in [0.3, 0.4) is 0 Å². The second-order valence-corrected chi connectivity index (χ2v) is 4.85. The number of nitrogens with zero attached hydrogens (tertiary/aromatic N) is 3. The third-order valence-corrected chi connectivity index (χ3v) is 3.10. The van der Waals surface area contributed by atoms with Gasteiger partial charge in [0.25, 0.3) is 5.69 Å². The molecule has 0 aliphatic rings. The number of non-ortho nitro benzene ring substituents is 1. The summed E-state index contributed by atoms with van der Waals surface area (Å²) in [5.74, 6) is -0.147. The number of nitro benzene ring substituents is 1. The quantitative estimate of drug-likeness (QED) is 0.523. The highest BCUT2D eigenvalue weighted by Gasteiger charge is 2.04. The van der Waals surface area contributed by atoms with Gasteiger partial charge in [0.2, 0.25) is 5.91 Å². The fraction of sp³-hybridized carbons (Fsp3) is 0.0833. The zero-order valence-electron chi connectivity index (χ0n) is 10.4. The van der Waals surface area contributed by atoms with E-state index < -0.39 is 4.92 Å². The molecule has 0 aliphatic carbocycles. The van der Waals surface area contributed by atoms with Crippen molar-refractivity contribution in [3.63, 3.8) is 0 Å². The fourth-order valence-corrected chi connectivity index (χ4v) is 2.14. The Morgan fingerprint density at radius 3 is 2.50 bits per heavy atom. The van der Waals surface area contributed by atoms with Crippen molar-refractivity contribution in [1.82, 2.24) is 0 Å². The molecule has 0 aliphatic heterocycles. The Hall–Kier alpha value is -2.61. The second kappa shape index (κ2) is 6.02. The van der Waals surface area contributed by atoms with E-state index in [2.05, 4.69) is 15.5 Å². The molecule has 0 fully saturated rings. The monoisotopic (exact) mass is 290 g/mol. The molecule has 2 aromatic rings. The summed E-state index contributed by atoms with van der Waals surface area (Å²) in [6.45, 7) is 1.43. The minimum absolute atomic E-state index is 0.00742. The summed E-state index contributed by atoms with van der Waals surface area (Å²) < 4.78 is 0.